The molecule has 4 heteroatoms. The van der Waals surface area contributed by atoms with Crippen LogP contribution in [0.2, 0.25) is 0 Å². The maximum atomic E-state index is 12.7. The van der Waals surface area contributed by atoms with E-state index in [0.717, 1.165) is 46.3 Å². The van der Waals surface area contributed by atoms with Crippen LogP contribution in [0.1, 0.15) is 47.3 Å². The quantitative estimate of drug-likeness (QED) is 0.542. The molecule has 2 aromatic carbocycles. The van der Waals surface area contributed by atoms with Gasteiger partial charge in [-0.1, -0.05) is 38.1 Å². The predicted molar refractivity (Wildman–Crippen MR) is 111 cm³/mol. The summed E-state index contributed by atoms with van der Waals surface area (Å²) in [6, 6.07) is 12.1. The molecule has 0 spiro atoms. The van der Waals surface area contributed by atoms with Gasteiger partial charge in [0.15, 0.2) is 5.52 Å². The molecule has 2 aromatic rings. The topological polar surface area (TPSA) is 26.3 Å². The van der Waals surface area contributed by atoms with Crippen LogP contribution in [-0.4, -0.2) is 31.0 Å². The number of ether oxygens (including phenoxy) is 1. The Hall–Kier alpha value is -1.06. The van der Waals surface area contributed by atoms with Crippen molar-refractivity contribution in [1.82, 2.24) is 0 Å². The zero-order valence-corrected chi connectivity index (χ0v) is 16.3. The SMILES string of the molecule is Cc1cc(OCCC(C)C)ccc1PC(=O)c1c(C)cccc1C.[LiH]. The average Bonchev–Trinajstić information content (AvgIpc) is 2.49. The molecule has 130 valence electrons. The monoisotopic (exact) mass is 350 g/mol. The Morgan fingerprint density at radius 2 is 1.68 bits per heavy atom. The summed E-state index contributed by atoms with van der Waals surface area (Å²) in [7, 11) is 0.148. The van der Waals surface area contributed by atoms with Gasteiger partial charge in [-0.25, -0.2) is 0 Å². The zero-order valence-electron chi connectivity index (χ0n) is 15.3. The second kappa shape index (κ2) is 10.2. The van der Waals surface area contributed by atoms with E-state index in [1.807, 2.05) is 50.2 Å². The summed E-state index contributed by atoms with van der Waals surface area (Å²) < 4.78 is 5.80. The molecule has 0 heterocycles. The van der Waals surface area contributed by atoms with E-state index < -0.39 is 0 Å². The number of hydrogen-bond acceptors (Lipinski definition) is 2. The fourth-order valence-corrected chi connectivity index (χ4v) is 3.84. The molecule has 0 aliphatic rings. The third kappa shape index (κ3) is 6.30. The Kier molecular flexibility index (Phi) is 8.95. The Balaban J connectivity index is 0.00000312. The fourth-order valence-electron chi connectivity index (χ4n) is 2.64. The van der Waals surface area contributed by atoms with Crippen LogP contribution in [0, 0.1) is 26.7 Å². The van der Waals surface area contributed by atoms with Gasteiger partial charge < -0.3 is 4.74 Å². The molecule has 2 nitrogen and oxygen atoms in total. The minimum absolute atomic E-state index is 0. The Morgan fingerprint density at radius 1 is 1.04 bits per heavy atom. The van der Waals surface area contributed by atoms with Crippen LogP contribution < -0.4 is 10.0 Å². The van der Waals surface area contributed by atoms with E-state index in [4.69, 9.17) is 4.74 Å². The predicted octanol–water partition coefficient (Wildman–Crippen LogP) is 4.53. The second-order valence-corrected chi connectivity index (χ2v) is 7.97. The first-order chi connectivity index (χ1) is 11.4. The van der Waals surface area contributed by atoms with E-state index in [-0.39, 0.29) is 33.0 Å². The fraction of sp³-hybridized carbons (Fsp3) is 0.381. The van der Waals surface area contributed by atoms with Crippen molar-refractivity contribution in [1.29, 1.82) is 0 Å². The summed E-state index contributed by atoms with van der Waals surface area (Å²) in [4.78, 5) is 12.7. The minimum atomic E-state index is 0. The molecule has 0 bridgehead atoms. The van der Waals surface area contributed by atoms with Crippen molar-refractivity contribution in [2.24, 2.45) is 5.92 Å². The second-order valence-electron chi connectivity index (χ2n) is 6.73. The summed E-state index contributed by atoms with van der Waals surface area (Å²) in [5.41, 5.74) is 4.31. The van der Waals surface area contributed by atoms with Crippen LogP contribution in [-0.2, 0) is 0 Å². The van der Waals surface area contributed by atoms with Gasteiger partial charge in [0.25, 0.3) is 0 Å². The van der Waals surface area contributed by atoms with Gasteiger partial charge in [0.1, 0.15) is 5.75 Å². The van der Waals surface area contributed by atoms with Gasteiger partial charge in [-0.2, -0.15) is 0 Å². The molecular formula is C21H28LiO2P. The Morgan fingerprint density at radius 3 is 2.24 bits per heavy atom. The summed E-state index contributed by atoms with van der Waals surface area (Å²) in [5, 5.41) is 1.10. The first-order valence-electron chi connectivity index (χ1n) is 8.49. The summed E-state index contributed by atoms with van der Waals surface area (Å²) in [6.45, 7) is 11.2. The van der Waals surface area contributed by atoms with Crippen molar-refractivity contribution in [2.45, 2.75) is 41.0 Å². The van der Waals surface area contributed by atoms with Crippen molar-refractivity contribution in [3.8, 4) is 5.75 Å². The average molecular weight is 350 g/mol. The molecule has 1 unspecified atom stereocenters. The van der Waals surface area contributed by atoms with Crippen LogP contribution in [0.3, 0.4) is 0 Å². The van der Waals surface area contributed by atoms with E-state index in [2.05, 4.69) is 20.8 Å². The number of benzene rings is 2. The van der Waals surface area contributed by atoms with E-state index in [1.54, 1.807) is 0 Å². The molecule has 0 aliphatic heterocycles. The Labute approximate surface area is 165 Å². The standard InChI is InChI=1S/C21H27O2P.Li.H/c1-14(2)11-12-23-18-9-10-19(17(5)13-18)24-21(22)20-15(3)7-6-8-16(20)4;;/h6-10,13-14,24H,11-12H2,1-5H3;;. The van der Waals surface area contributed by atoms with Gasteiger partial charge >= 0.3 is 18.9 Å². The van der Waals surface area contributed by atoms with E-state index in [0.29, 0.717) is 5.92 Å². The van der Waals surface area contributed by atoms with Gasteiger partial charge in [-0.05, 0) is 75.8 Å². The number of hydrogen-bond donors (Lipinski definition) is 0. The molecule has 0 fully saturated rings. The van der Waals surface area contributed by atoms with Gasteiger partial charge in [0.2, 0.25) is 0 Å². The van der Waals surface area contributed by atoms with Crippen molar-refractivity contribution in [3.05, 3.63) is 58.7 Å². The van der Waals surface area contributed by atoms with Crippen molar-refractivity contribution < 1.29 is 9.53 Å². The molecule has 0 radical (unpaired) electrons. The molecule has 2 rings (SSSR count). The van der Waals surface area contributed by atoms with Crippen molar-refractivity contribution >= 4 is 38.3 Å². The first-order valence-corrected chi connectivity index (χ1v) is 9.49. The molecule has 0 amide bonds. The van der Waals surface area contributed by atoms with Gasteiger partial charge in [-0.15, -0.1) is 0 Å². The molecular weight excluding hydrogens is 322 g/mol. The molecule has 0 aliphatic carbocycles. The normalized spacial score (nSPS) is 11.0. The van der Waals surface area contributed by atoms with Crippen LogP contribution in [0.25, 0.3) is 0 Å². The zero-order chi connectivity index (χ0) is 17.7. The summed E-state index contributed by atoms with van der Waals surface area (Å²) >= 11 is 0. The third-order valence-corrected chi connectivity index (χ3v) is 5.43. The van der Waals surface area contributed by atoms with E-state index >= 15 is 0 Å². The molecule has 0 aromatic heterocycles. The van der Waals surface area contributed by atoms with Crippen LogP contribution >= 0.6 is 8.58 Å². The van der Waals surface area contributed by atoms with Gasteiger partial charge in [-0.3, -0.25) is 4.79 Å². The number of aryl methyl sites for hydroxylation is 3. The third-order valence-electron chi connectivity index (χ3n) is 4.12. The number of carbonyl (C=O) groups is 1. The van der Waals surface area contributed by atoms with Gasteiger partial charge in [0, 0.05) is 5.56 Å². The van der Waals surface area contributed by atoms with Crippen molar-refractivity contribution in [2.75, 3.05) is 6.61 Å². The van der Waals surface area contributed by atoms with E-state index in [1.165, 1.54) is 0 Å². The van der Waals surface area contributed by atoms with Gasteiger partial charge in [0.05, 0.1) is 6.61 Å². The summed E-state index contributed by atoms with van der Waals surface area (Å²) in [6.07, 6.45) is 1.05. The maximum absolute atomic E-state index is 12.7. The molecule has 0 N–H and O–H groups in total. The molecule has 0 saturated heterocycles. The molecule has 1 atom stereocenters. The molecule has 0 saturated carbocycles. The number of rotatable bonds is 7. The summed E-state index contributed by atoms with van der Waals surface area (Å²) in [5.74, 6) is 1.53. The Bertz CT molecular complexity index is 706. The number of carbonyl (C=O) groups excluding carboxylic acids is 1. The first kappa shape index (κ1) is 22.0. The molecule has 25 heavy (non-hydrogen) atoms. The van der Waals surface area contributed by atoms with E-state index in [9.17, 15) is 4.79 Å². The van der Waals surface area contributed by atoms with Crippen molar-refractivity contribution in [3.63, 3.8) is 0 Å². The van der Waals surface area contributed by atoms with Crippen LogP contribution in [0.4, 0.5) is 0 Å². The van der Waals surface area contributed by atoms with Crippen LogP contribution in [0.15, 0.2) is 36.4 Å². The van der Waals surface area contributed by atoms with Crippen LogP contribution in [0.5, 0.6) is 5.75 Å².